The van der Waals surface area contributed by atoms with Crippen LogP contribution in [0.4, 0.5) is 0 Å². The molecule has 2 aromatic heterocycles. The van der Waals surface area contributed by atoms with Gasteiger partial charge in [-0.3, -0.25) is 0 Å². The van der Waals surface area contributed by atoms with Crippen LogP contribution in [0, 0.1) is 0 Å². The van der Waals surface area contributed by atoms with E-state index in [1.165, 1.54) is 0 Å². The number of aliphatic imine (C=N–C) groups is 2. The summed E-state index contributed by atoms with van der Waals surface area (Å²) in [6, 6.07) is 47.6. The summed E-state index contributed by atoms with van der Waals surface area (Å²) in [4.78, 5) is 9.91. The van der Waals surface area contributed by atoms with Crippen LogP contribution in [0.5, 0.6) is 0 Å². The van der Waals surface area contributed by atoms with Crippen molar-refractivity contribution >= 4 is 55.5 Å². The standard InChI is InChI=1S/C39H25N3O2/c1-3-9-24(10-4-1)37-40-38(25-11-5-2-6-12-25)42-39(41-37)28-16-19-31-32-21-26(17-20-34(32)44-36(31)23-28)27-15-18-30-29-13-7-8-14-33(29)43-35(30)22-27/h1-23,37H,(H,40,41,42). The smallest absolute Gasteiger partial charge is 0.159 e. The molecule has 1 aliphatic heterocycles. The second kappa shape index (κ2) is 9.82. The maximum atomic E-state index is 6.38. The van der Waals surface area contributed by atoms with Gasteiger partial charge in [-0.2, -0.15) is 0 Å². The van der Waals surface area contributed by atoms with E-state index < -0.39 is 0 Å². The van der Waals surface area contributed by atoms with Crippen LogP contribution >= 0.6 is 0 Å². The fraction of sp³-hybridized carbons (Fsp3) is 0.0256. The first-order valence-corrected chi connectivity index (χ1v) is 14.7. The van der Waals surface area contributed by atoms with E-state index in [-0.39, 0.29) is 6.17 Å². The van der Waals surface area contributed by atoms with E-state index in [0.717, 1.165) is 77.5 Å². The number of hydrogen-bond acceptors (Lipinski definition) is 5. The highest BCUT2D eigenvalue weighted by Gasteiger charge is 2.22. The molecule has 1 atom stereocenters. The molecule has 5 nitrogen and oxygen atoms in total. The van der Waals surface area contributed by atoms with Crippen molar-refractivity contribution < 1.29 is 8.83 Å². The predicted molar refractivity (Wildman–Crippen MR) is 178 cm³/mol. The molecule has 0 amide bonds. The first-order valence-electron chi connectivity index (χ1n) is 14.7. The summed E-state index contributed by atoms with van der Waals surface area (Å²) in [7, 11) is 0. The van der Waals surface area contributed by atoms with Crippen molar-refractivity contribution in [2.75, 3.05) is 0 Å². The third-order valence-electron chi connectivity index (χ3n) is 8.35. The third-order valence-corrected chi connectivity index (χ3v) is 8.35. The van der Waals surface area contributed by atoms with Gasteiger partial charge in [0, 0.05) is 32.7 Å². The number of benzene rings is 6. The average molecular weight is 568 g/mol. The van der Waals surface area contributed by atoms with E-state index in [9.17, 15) is 0 Å². The molecule has 3 heterocycles. The zero-order valence-corrected chi connectivity index (χ0v) is 23.6. The van der Waals surface area contributed by atoms with E-state index >= 15 is 0 Å². The Hall–Kier alpha value is -5.94. The highest BCUT2D eigenvalue weighted by molar-refractivity contribution is 6.15. The van der Waals surface area contributed by atoms with Crippen LogP contribution in [0.2, 0.25) is 0 Å². The van der Waals surface area contributed by atoms with Crippen molar-refractivity contribution in [3.05, 3.63) is 156 Å². The number of nitrogens with zero attached hydrogens (tertiary/aromatic N) is 2. The number of rotatable bonds is 4. The van der Waals surface area contributed by atoms with E-state index in [0.29, 0.717) is 5.84 Å². The first kappa shape index (κ1) is 24.6. The molecule has 0 fully saturated rings. The summed E-state index contributed by atoms with van der Waals surface area (Å²) < 4.78 is 12.5. The summed E-state index contributed by atoms with van der Waals surface area (Å²) in [5.41, 5.74) is 8.65. The zero-order chi connectivity index (χ0) is 29.0. The highest BCUT2D eigenvalue weighted by Crippen LogP contribution is 2.36. The third kappa shape index (κ3) is 4.09. The first-order chi connectivity index (χ1) is 21.8. The van der Waals surface area contributed by atoms with Crippen LogP contribution in [-0.4, -0.2) is 11.7 Å². The lowest BCUT2D eigenvalue weighted by Crippen LogP contribution is -2.33. The molecule has 8 aromatic rings. The molecule has 5 heteroatoms. The molecule has 208 valence electrons. The Balaban J connectivity index is 1.11. The molecule has 1 unspecified atom stereocenters. The molecule has 0 spiro atoms. The molecular weight excluding hydrogens is 542 g/mol. The molecule has 0 radical (unpaired) electrons. The Kier molecular flexibility index (Phi) is 5.50. The van der Waals surface area contributed by atoms with Crippen LogP contribution in [0.3, 0.4) is 0 Å². The van der Waals surface area contributed by atoms with Crippen LogP contribution in [0.25, 0.3) is 55.0 Å². The molecule has 6 aromatic carbocycles. The SMILES string of the molecule is c1ccc(C2=NC(c3ccccc3)NC(c3ccc4c(c3)oc3ccc(-c5ccc6c(c5)oc5ccccc56)cc34)=N2)cc1. The number of furan rings is 2. The van der Waals surface area contributed by atoms with E-state index in [2.05, 4.69) is 78.1 Å². The highest BCUT2D eigenvalue weighted by atomic mass is 16.3. The summed E-state index contributed by atoms with van der Waals surface area (Å²) in [6.45, 7) is 0. The van der Waals surface area contributed by atoms with E-state index in [1.54, 1.807) is 0 Å². The Morgan fingerprint density at radius 1 is 0.455 bits per heavy atom. The lowest BCUT2D eigenvalue weighted by atomic mass is 10.0. The maximum absolute atomic E-state index is 6.38. The van der Waals surface area contributed by atoms with Crippen molar-refractivity contribution in [3.8, 4) is 11.1 Å². The van der Waals surface area contributed by atoms with E-state index in [1.807, 2.05) is 66.7 Å². The minimum Gasteiger partial charge on any atom is -0.456 e. The van der Waals surface area contributed by atoms with Gasteiger partial charge >= 0.3 is 0 Å². The van der Waals surface area contributed by atoms with Gasteiger partial charge in [-0.15, -0.1) is 0 Å². The molecule has 1 N–H and O–H groups in total. The summed E-state index contributed by atoms with van der Waals surface area (Å²) in [6.07, 6.45) is -0.253. The molecule has 0 saturated carbocycles. The van der Waals surface area contributed by atoms with Gasteiger partial charge in [0.05, 0.1) is 0 Å². The largest absolute Gasteiger partial charge is 0.456 e. The van der Waals surface area contributed by atoms with Gasteiger partial charge in [0.15, 0.2) is 5.84 Å². The summed E-state index contributed by atoms with van der Waals surface area (Å²) in [5.74, 6) is 1.46. The molecule has 44 heavy (non-hydrogen) atoms. The fourth-order valence-electron chi connectivity index (χ4n) is 6.13. The minimum absolute atomic E-state index is 0.253. The quantitative estimate of drug-likeness (QED) is 0.230. The fourth-order valence-corrected chi connectivity index (χ4v) is 6.13. The Labute approximate surface area is 252 Å². The van der Waals surface area contributed by atoms with Crippen LogP contribution in [0.15, 0.2) is 158 Å². The van der Waals surface area contributed by atoms with Crippen LogP contribution < -0.4 is 5.32 Å². The summed E-state index contributed by atoms with van der Waals surface area (Å²) in [5, 5.41) is 7.94. The predicted octanol–water partition coefficient (Wildman–Crippen LogP) is 9.65. The van der Waals surface area contributed by atoms with Gasteiger partial charge < -0.3 is 14.2 Å². The molecular formula is C39H25N3O2. The van der Waals surface area contributed by atoms with Crippen molar-refractivity contribution in [2.45, 2.75) is 6.17 Å². The lowest BCUT2D eigenvalue weighted by Gasteiger charge is -2.23. The molecule has 1 aliphatic rings. The molecule has 0 aliphatic carbocycles. The van der Waals surface area contributed by atoms with E-state index in [4.69, 9.17) is 18.8 Å². The van der Waals surface area contributed by atoms with Crippen LogP contribution in [0.1, 0.15) is 22.9 Å². The number of fused-ring (bicyclic) bond motifs is 6. The van der Waals surface area contributed by atoms with Gasteiger partial charge in [-0.1, -0.05) is 97.1 Å². The topological polar surface area (TPSA) is 63.0 Å². The monoisotopic (exact) mass is 567 g/mol. The van der Waals surface area contributed by atoms with Gasteiger partial charge in [0.25, 0.3) is 0 Å². The van der Waals surface area contributed by atoms with Crippen molar-refractivity contribution in [1.82, 2.24) is 5.32 Å². The lowest BCUT2D eigenvalue weighted by molar-refractivity contribution is 0.666. The van der Waals surface area contributed by atoms with Crippen molar-refractivity contribution in [2.24, 2.45) is 9.98 Å². The van der Waals surface area contributed by atoms with Crippen LogP contribution in [-0.2, 0) is 0 Å². The molecule has 9 rings (SSSR count). The second-order valence-electron chi connectivity index (χ2n) is 11.1. The van der Waals surface area contributed by atoms with Crippen molar-refractivity contribution in [1.29, 1.82) is 0 Å². The van der Waals surface area contributed by atoms with Gasteiger partial charge in [0.1, 0.15) is 34.3 Å². The molecule has 0 bridgehead atoms. The Morgan fingerprint density at radius 2 is 1.05 bits per heavy atom. The molecule has 0 saturated heterocycles. The van der Waals surface area contributed by atoms with Gasteiger partial charge in [-0.25, -0.2) is 9.98 Å². The Morgan fingerprint density at radius 3 is 1.86 bits per heavy atom. The summed E-state index contributed by atoms with van der Waals surface area (Å²) >= 11 is 0. The number of hydrogen-bond donors (Lipinski definition) is 1. The Bertz CT molecular complexity index is 2420. The number of amidine groups is 2. The number of nitrogens with one attached hydrogen (secondary N) is 1. The normalized spacial score (nSPS) is 15.0. The average Bonchev–Trinajstić information content (AvgIpc) is 3.66. The zero-order valence-electron chi connectivity index (χ0n) is 23.6. The minimum atomic E-state index is -0.253. The van der Waals surface area contributed by atoms with Gasteiger partial charge in [0.2, 0.25) is 0 Å². The number of para-hydroxylation sites is 1. The second-order valence-corrected chi connectivity index (χ2v) is 11.1. The maximum Gasteiger partial charge on any atom is 0.159 e. The van der Waals surface area contributed by atoms with Gasteiger partial charge in [-0.05, 0) is 59.2 Å². The van der Waals surface area contributed by atoms with Crippen molar-refractivity contribution in [3.63, 3.8) is 0 Å².